The maximum Gasteiger partial charge on any atom is 0.244 e. The van der Waals surface area contributed by atoms with E-state index < -0.39 is 28.8 Å². The Bertz CT molecular complexity index is 511. The lowest BCUT2D eigenvalue weighted by Crippen LogP contribution is -2.53. The van der Waals surface area contributed by atoms with Crippen molar-refractivity contribution in [2.75, 3.05) is 0 Å². The zero-order valence-electron chi connectivity index (χ0n) is 10.2. The van der Waals surface area contributed by atoms with Crippen LogP contribution >= 0.6 is 11.6 Å². The lowest BCUT2D eigenvalue weighted by atomic mass is 9.55. The third-order valence-corrected chi connectivity index (χ3v) is 4.74. The Morgan fingerprint density at radius 1 is 1.44 bits per heavy atom. The summed E-state index contributed by atoms with van der Waals surface area (Å²) in [6.07, 6.45) is 0.676. The molecule has 2 aliphatic rings. The molecule has 0 saturated carbocycles. The van der Waals surface area contributed by atoms with Crippen LogP contribution in [0.5, 0.6) is 0 Å². The summed E-state index contributed by atoms with van der Waals surface area (Å²) in [5, 5.41) is 21.6. The average Bonchev–Trinajstić information content (AvgIpc) is 2.53. The number of carbonyl (C=O) groups excluding carboxylic acids is 1. The van der Waals surface area contributed by atoms with Crippen molar-refractivity contribution in [1.82, 2.24) is 5.32 Å². The van der Waals surface area contributed by atoms with Crippen molar-refractivity contribution in [3.05, 3.63) is 0 Å². The summed E-state index contributed by atoms with van der Waals surface area (Å²) in [6, 6.07) is 4.06. The second-order valence-electron chi connectivity index (χ2n) is 4.67. The van der Waals surface area contributed by atoms with Crippen LogP contribution in [-0.2, 0) is 4.79 Å². The van der Waals surface area contributed by atoms with Gasteiger partial charge in [-0.1, -0.05) is 25.4 Å². The molecule has 6 heteroatoms. The van der Waals surface area contributed by atoms with Gasteiger partial charge in [0.15, 0.2) is 5.41 Å². The van der Waals surface area contributed by atoms with E-state index in [1.807, 2.05) is 19.9 Å². The molecule has 2 aliphatic heterocycles. The lowest BCUT2D eigenvalue weighted by Gasteiger charge is -2.44. The molecule has 0 aromatic heterocycles. The summed E-state index contributed by atoms with van der Waals surface area (Å²) in [5.41, 5.74) is -2.08. The summed E-state index contributed by atoms with van der Waals surface area (Å²) < 4.78 is 0. The summed E-state index contributed by atoms with van der Waals surface area (Å²) in [7, 11) is 0. The van der Waals surface area contributed by atoms with Gasteiger partial charge >= 0.3 is 0 Å². The van der Waals surface area contributed by atoms with Crippen LogP contribution in [0.1, 0.15) is 26.7 Å². The molecule has 18 heavy (non-hydrogen) atoms. The first-order chi connectivity index (χ1) is 8.53. The van der Waals surface area contributed by atoms with Gasteiger partial charge < -0.3 is 5.32 Å². The Hall–Kier alpha value is -1.59. The van der Waals surface area contributed by atoms with Crippen molar-refractivity contribution >= 4 is 22.7 Å². The predicted molar refractivity (Wildman–Crippen MR) is 65.4 cm³/mol. The summed E-state index contributed by atoms with van der Waals surface area (Å²) in [4.78, 5) is 16.5. The zero-order valence-corrected chi connectivity index (χ0v) is 11.0. The minimum absolute atomic E-state index is 0.0555. The van der Waals surface area contributed by atoms with Gasteiger partial charge in [0.05, 0.1) is 12.1 Å². The Labute approximate surface area is 110 Å². The van der Waals surface area contributed by atoms with Gasteiger partial charge in [-0.05, 0) is 12.8 Å². The van der Waals surface area contributed by atoms with Crippen LogP contribution in [0.15, 0.2) is 4.99 Å². The molecule has 2 heterocycles. The molecule has 1 unspecified atom stereocenters. The molecular weight excluding hydrogens is 252 g/mol. The van der Waals surface area contributed by atoms with Crippen molar-refractivity contribution in [1.29, 1.82) is 10.5 Å². The van der Waals surface area contributed by atoms with Crippen molar-refractivity contribution in [2.24, 2.45) is 21.7 Å². The molecule has 0 spiro atoms. The Morgan fingerprint density at radius 3 is 2.50 bits per heavy atom. The molecule has 0 aromatic rings. The van der Waals surface area contributed by atoms with E-state index in [4.69, 9.17) is 11.6 Å². The second-order valence-corrected chi connectivity index (χ2v) is 5.06. The van der Waals surface area contributed by atoms with Gasteiger partial charge in [0, 0.05) is 5.41 Å². The minimum Gasteiger partial charge on any atom is -0.332 e. The van der Waals surface area contributed by atoms with Crippen molar-refractivity contribution in [3.63, 3.8) is 0 Å². The monoisotopic (exact) mass is 264 g/mol. The fourth-order valence-corrected chi connectivity index (χ4v) is 3.65. The maximum atomic E-state index is 12.2. The van der Waals surface area contributed by atoms with E-state index in [1.165, 1.54) is 0 Å². The first kappa shape index (κ1) is 12.9. The number of nitriles is 2. The van der Waals surface area contributed by atoms with E-state index in [-0.39, 0.29) is 5.17 Å². The first-order valence-corrected chi connectivity index (χ1v) is 6.26. The van der Waals surface area contributed by atoms with Crippen LogP contribution in [0.3, 0.4) is 0 Å². The van der Waals surface area contributed by atoms with Crippen molar-refractivity contribution in [2.45, 2.75) is 32.9 Å². The fraction of sp³-hybridized carbons (Fsp3) is 0.667. The molecule has 94 valence electrons. The van der Waals surface area contributed by atoms with E-state index in [2.05, 4.69) is 16.4 Å². The van der Waals surface area contributed by atoms with Crippen molar-refractivity contribution in [3.8, 4) is 12.1 Å². The van der Waals surface area contributed by atoms with Crippen LogP contribution in [0, 0.1) is 39.4 Å². The number of amides is 1. The third-order valence-electron chi connectivity index (χ3n) is 4.43. The van der Waals surface area contributed by atoms with Gasteiger partial charge in [-0.2, -0.15) is 10.5 Å². The van der Waals surface area contributed by atoms with E-state index in [9.17, 15) is 15.3 Å². The standard InChI is InChI=1S/C12H13ClN4O/c1-3-11(4-2)9-16-8(13)7(5-14)12(11,6-15)10(18)17-9/h7,9H,3-4H2,1-2H3,(H,17,18)/t7?,9-,12+/m1/s1. The number of carbonyl (C=O) groups is 1. The fourth-order valence-electron chi connectivity index (χ4n) is 3.34. The van der Waals surface area contributed by atoms with Gasteiger partial charge in [0.25, 0.3) is 0 Å². The maximum absolute atomic E-state index is 12.2. The van der Waals surface area contributed by atoms with Crippen LogP contribution < -0.4 is 5.32 Å². The first-order valence-electron chi connectivity index (χ1n) is 5.89. The Balaban J connectivity index is 2.77. The average molecular weight is 265 g/mol. The van der Waals surface area contributed by atoms with E-state index in [0.717, 1.165) is 0 Å². The number of rotatable bonds is 2. The van der Waals surface area contributed by atoms with Crippen LogP contribution in [0.2, 0.25) is 0 Å². The molecule has 2 rings (SSSR count). The van der Waals surface area contributed by atoms with Crippen LogP contribution in [0.25, 0.3) is 0 Å². The smallest absolute Gasteiger partial charge is 0.244 e. The molecule has 1 N–H and O–H groups in total. The van der Waals surface area contributed by atoms with Crippen LogP contribution in [-0.4, -0.2) is 17.2 Å². The largest absolute Gasteiger partial charge is 0.332 e. The molecule has 5 nitrogen and oxygen atoms in total. The van der Waals surface area contributed by atoms with Gasteiger partial charge in [-0.3, -0.25) is 9.79 Å². The molecule has 1 fully saturated rings. The van der Waals surface area contributed by atoms with Crippen LogP contribution in [0.4, 0.5) is 0 Å². The van der Waals surface area contributed by atoms with E-state index in [1.54, 1.807) is 0 Å². The molecule has 0 radical (unpaired) electrons. The Morgan fingerprint density at radius 2 is 2.06 bits per heavy atom. The summed E-state index contributed by atoms with van der Waals surface area (Å²) >= 11 is 5.97. The highest BCUT2D eigenvalue weighted by atomic mass is 35.5. The highest BCUT2D eigenvalue weighted by molar-refractivity contribution is 6.66. The van der Waals surface area contributed by atoms with Gasteiger partial charge in [0.1, 0.15) is 17.3 Å². The normalized spacial score (nSPS) is 36.3. The molecule has 2 bridgehead atoms. The highest BCUT2D eigenvalue weighted by Crippen LogP contribution is 2.59. The number of nitrogens with one attached hydrogen (secondary N) is 1. The van der Waals surface area contributed by atoms with Gasteiger partial charge in [-0.15, -0.1) is 0 Å². The lowest BCUT2D eigenvalue weighted by molar-refractivity contribution is -0.129. The minimum atomic E-state index is -1.42. The van der Waals surface area contributed by atoms with E-state index in [0.29, 0.717) is 12.8 Å². The SMILES string of the molecule is CCC1(CC)[C@@H]2N=C(Cl)C(C#N)[C@@]1(C#N)C(=O)N2. The molecule has 3 atom stereocenters. The van der Waals surface area contributed by atoms with Gasteiger partial charge in [-0.25, -0.2) is 0 Å². The Kier molecular flexibility index (Phi) is 2.83. The van der Waals surface area contributed by atoms with Crippen molar-refractivity contribution < 1.29 is 4.79 Å². The molecule has 0 aromatic carbocycles. The quantitative estimate of drug-likeness (QED) is 0.820. The summed E-state index contributed by atoms with van der Waals surface area (Å²) in [6.45, 7) is 3.82. The molecule has 1 saturated heterocycles. The second kappa shape index (κ2) is 3.96. The highest BCUT2D eigenvalue weighted by Gasteiger charge is 2.71. The molecule has 1 amide bonds. The van der Waals surface area contributed by atoms with Gasteiger partial charge in [0.2, 0.25) is 5.91 Å². The van der Waals surface area contributed by atoms with E-state index >= 15 is 0 Å². The number of nitrogens with zero attached hydrogens (tertiary/aromatic N) is 3. The number of hydrogen-bond acceptors (Lipinski definition) is 4. The predicted octanol–water partition coefficient (Wildman–Crippen LogP) is 1.55. The number of halogens is 1. The number of fused-ring (bicyclic) bond motifs is 2. The zero-order chi connectivity index (χ0) is 13.6. The number of hydrogen-bond donors (Lipinski definition) is 1. The summed E-state index contributed by atoms with van der Waals surface area (Å²) in [5.74, 6) is -1.41. The molecular formula is C12H13ClN4O. The molecule has 0 aliphatic carbocycles. The number of aliphatic imine (C=N–C) groups is 1. The third kappa shape index (κ3) is 1.11. The topological polar surface area (TPSA) is 89.0 Å².